The number of azo groups is 1. The standard InChI is InChI=1S/C20H15F2N5O2/c21-17(22)11-27-10-13(9-23-27)19(28)24-14-7-5-12(6-8-14)18-15-3-1-2-4-16(15)20(29)26-25-18/h1-10,16-17H,11H2,(H,24,28). The largest absolute Gasteiger partial charge is 0.322 e. The summed E-state index contributed by atoms with van der Waals surface area (Å²) in [6, 6.07) is 6.90. The van der Waals surface area contributed by atoms with Crippen LogP contribution in [0, 0.1) is 5.92 Å². The monoisotopic (exact) mass is 395 g/mol. The topological polar surface area (TPSA) is 88.7 Å². The minimum atomic E-state index is -2.55. The molecule has 1 aliphatic carbocycles. The second-order valence-electron chi connectivity index (χ2n) is 6.44. The minimum Gasteiger partial charge on any atom is -0.322 e. The average Bonchev–Trinajstić information content (AvgIpc) is 3.17. The van der Waals surface area contributed by atoms with Crippen LogP contribution in [0.3, 0.4) is 0 Å². The maximum Gasteiger partial charge on any atom is 0.276 e. The maximum absolute atomic E-state index is 12.4. The van der Waals surface area contributed by atoms with Crippen LogP contribution in [0.15, 0.2) is 76.8 Å². The van der Waals surface area contributed by atoms with Gasteiger partial charge in [0.05, 0.1) is 23.4 Å². The minimum absolute atomic E-state index is 0.182. The Morgan fingerprint density at radius 2 is 1.97 bits per heavy atom. The molecule has 0 saturated heterocycles. The molecule has 1 unspecified atom stereocenters. The number of amides is 2. The SMILES string of the molecule is O=C(Nc1ccc(C2=C3C=CC=CC3C(=O)N=N2)cc1)c1cnn(CC(F)F)c1. The molecule has 0 saturated carbocycles. The molecule has 1 N–H and O–H groups in total. The van der Waals surface area contributed by atoms with E-state index in [1.54, 1.807) is 36.4 Å². The number of alkyl halides is 2. The Morgan fingerprint density at radius 3 is 2.72 bits per heavy atom. The van der Waals surface area contributed by atoms with Gasteiger partial charge in [-0.2, -0.15) is 5.10 Å². The van der Waals surface area contributed by atoms with Gasteiger partial charge in [-0.15, -0.1) is 10.2 Å². The van der Waals surface area contributed by atoms with E-state index in [1.807, 2.05) is 12.2 Å². The Morgan fingerprint density at radius 1 is 1.17 bits per heavy atom. The molecule has 2 aliphatic rings. The third-order valence-corrected chi connectivity index (χ3v) is 4.45. The van der Waals surface area contributed by atoms with E-state index in [-0.39, 0.29) is 11.5 Å². The Hall–Kier alpha value is -3.75. The third-order valence-electron chi connectivity index (χ3n) is 4.45. The molecule has 146 valence electrons. The van der Waals surface area contributed by atoms with Crippen molar-refractivity contribution in [3.05, 3.63) is 77.7 Å². The Kier molecular flexibility index (Phi) is 4.94. The first-order valence-corrected chi connectivity index (χ1v) is 8.78. The number of carbonyl (C=O) groups excluding carboxylic acids is 2. The number of aromatic nitrogens is 2. The summed E-state index contributed by atoms with van der Waals surface area (Å²) in [4.78, 5) is 24.2. The van der Waals surface area contributed by atoms with Gasteiger partial charge in [0.1, 0.15) is 6.54 Å². The molecular weight excluding hydrogens is 380 g/mol. The number of nitrogens with one attached hydrogen (secondary N) is 1. The smallest absolute Gasteiger partial charge is 0.276 e. The predicted molar refractivity (Wildman–Crippen MR) is 101 cm³/mol. The number of nitrogens with zero attached hydrogens (tertiary/aromatic N) is 4. The number of hydrogen-bond acceptors (Lipinski definition) is 4. The summed E-state index contributed by atoms with van der Waals surface area (Å²) in [5.41, 5.74) is 2.83. The molecule has 2 amide bonds. The van der Waals surface area contributed by atoms with Crippen molar-refractivity contribution in [1.29, 1.82) is 0 Å². The van der Waals surface area contributed by atoms with Crippen molar-refractivity contribution in [3.8, 4) is 0 Å². The summed E-state index contributed by atoms with van der Waals surface area (Å²) in [6.45, 7) is -0.568. The number of benzene rings is 1. The van der Waals surface area contributed by atoms with Crippen molar-refractivity contribution < 1.29 is 18.4 Å². The van der Waals surface area contributed by atoms with E-state index in [0.29, 0.717) is 11.4 Å². The molecule has 0 radical (unpaired) electrons. The highest BCUT2D eigenvalue weighted by molar-refractivity contribution is 6.04. The van der Waals surface area contributed by atoms with E-state index in [9.17, 15) is 18.4 Å². The van der Waals surface area contributed by atoms with Crippen molar-refractivity contribution in [3.63, 3.8) is 0 Å². The number of allylic oxidation sites excluding steroid dienone is 3. The van der Waals surface area contributed by atoms with Crippen LogP contribution in [0.25, 0.3) is 5.70 Å². The van der Waals surface area contributed by atoms with E-state index >= 15 is 0 Å². The number of halogens is 2. The van der Waals surface area contributed by atoms with Gasteiger partial charge in [-0.05, 0) is 17.7 Å². The first kappa shape index (κ1) is 18.6. The molecule has 7 nitrogen and oxygen atoms in total. The van der Waals surface area contributed by atoms with Crippen LogP contribution < -0.4 is 5.32 Å². The fraction of sp³-hybridized carbons (Fsp3) is 0.150. The molecule has 29 heavy (non-hydrogen) atoms. The molecular formula is C20H15F2N5O2. The quantitative estimate of drug-likeness (QED) is 0.834. The second kappa shape index (κ2) is 7.70. The lowest BCUT2D eigenvalue weighted by Crippen LogP contribution is -2.17. The van der Waals surface area contributed by atoms with Gasteiger partial charge in [-0.25, -0.2) is 8.78 Å². The van der Waals surface area contributed by atoms with Gasteiger partial charge in [0.25, 0.3) is 18.2 Å². The lowest BCUT2D eigenvalue weighted by Gasteiger charge is -2.19. The highest BCUT2D eigenvalue weighted by Gasteiger charge is 2.27. The molecule has 0 fully saturated rings. The molecule has 9 heteroatoms. The lowest BCUT2D eigenvalue weighted by molar-refractivity contribution is -0.119. The summed E-state index contributed by atoms with van der Waals surface area (Å²) >= 11 is 0. The summed E-state index contributed by atoms with van der Waals surface area (Å²) < 4.78 is 25.8. The van der Waals surface area contributed by atoms with Gasteiger partial charge in [0.2, 0.25) is 0 Å². The van der Waals surface area contributed by atoms with E-state index in [0.717, 1.165) is 15.8 Å². The van der Waals surface area contributed by atoms with E-state index in [1.165, 1.54) is 12.4 Å². The van der Waals surface area contributed by atoms with Crippen molar-refractivity contribution in [2.45, 2.75) is 13.0 Å². The van der Waals surface area contributed by atoms with Gasteiger partial charge in [0.15, 0.2) is 0 Å². The van der Waals surface area contributed by atoms with Crippen molar-refractivity contribution in [2.24, 2.45) is 16.1 Å². The Labute approximate surface area is 164 Å². The van der Waals surface area contributed by atoms with Crippen LogP contribution in [0.2, 0.25) is 0 Å². The second-order valence-corrected chi connectivity index (χ2v) is 6.44. The van der Waals surface area contributed by atoms with Crippen molar-refractivity contribution in [2.75, 3.05) is 5.32 Å². The van der Waals surface area contributed by atoms with Crippen LogP contribution in [0.1, 0.15) is 15.9 Å². The summed E-state index contributed by atoms with van der Waals surface area (Å²) in [6.07, 6.45) is 7.21. The normalized spacial score (nSPS) is 17.8. The number of rotatable bonds is 5. The fourth-order valence-electron chi connectivity index (χ4n) is 3.06. The summed E-state index contributed by atoms with van der Waals surface area (Å²) in [7, 11) is 0. The molecule has 1 atom stereocenters. The molecule has 4 rings (SSSR count). The first-order valence-electron chi connectivity index (χ1n) is 8.78. The third kappa shape index (κ3) is 3.93. The molecule has 0 spiro atoms. The van der Waals surface area contributed by atoms with Crippen molar-refractivity contribution in [1.82, 2.24) is 9.78 Å². The van der Waals surface area contributed by atoms with Crippen LogP contribution in [0.4, 0.5) is 14.5 Å². The summed E-state index contributed by atoms with van der Waals surface area (Å²) in [5, 5.41) is 14.2. The highest BCUT2D eigenvalue weighted by Crippen LogP contribution is 2.34. The lowest BCUT2D eigenvalue weighted by atomic mass is 9.89. The number of anilines is 1. The van der Waals surface area contributed by atoms with Gasteiger partial charge in [-0.1, -0.05) is 36.4 Å². The number of carbonyl (C=O) groups is 2. The molecule has 1 aliphatic heterocycles. The summed E-state index contributed by atoms with van der Waals surface area (Å²) in [5.74, 6) is -1.19. The molecule has 2 heterocycles. The zero-order chi connectivity index (χ0) is 20.4. The van der Waals surface area contributed by atoms with Crippen LogP contribution in [-0.4, -0.2) is 28.0 Å². The van der Waals surface area contributed by atoms with E-state index < -0.39 is 24.8 Å². The van der Waals surface area contributed by atoms with Gasteiger partial charge >= 0.3 is 0 Å². The highest BCUT2D eigenvalue weighted by atomic mass is 19.3. The van der Waals surface area contributed by atoms with E-state index in [2.05, 4.69) is 20.6 Å². The molecule has 1 aromatic carbocycles. The molecule has 1 aromatic heterocycles. The van der Waals surface area contributed by atoms with Crippen LogP contribution in [0.5, 0.6) is 0 Å². The number of hydrogen-bond donors (Lipinski definition) is 1. The zero-order valence-electron chi connectivity index (χ0n) is 15.0. The molecule has 2 aromatic rings. The molecule has 0 bridgehead atoms. The Bertz CT molecular complexity index is 1080. The zero-order valence-corrected chi connectivity index (χ0v) is 15.0. The predicted octanol–water partition coefficient (Wildman–Crippen LogP) is 3.85. The van der Waals surface area contributed by atoms with Crippen molar-refractivity contribution >= 4 is 23.2 Å². The van der Waals surface area contributed by atoms with Gasteiger partial charge in [0, 0.05) is 17.4 Å². The van der Waals surface area contributed by atoms with Gasteiger partial charge < -0.3 is 5.32 Å². The Balaban J connectivity index is 1.50. The average molecular weight is 395 g/mol. The van der Waals surface area contributed by atoms with E-state index in [4.69, 9.17) is 0 Å². The first-order chi connectivity index (χ1) is 14.0. The van der Waals surface area contributed by atoms with Crippen LogP contribution >= 0.6 is 0 Å². The van der Waals surface area contributed by atoms with Crippen LogP contribution in [-0.2, 0) is 11.3 Å². The number of fused-ring (bicyclic) bond motifs is 1. The van der Waals surface area contributed by atoms with Gasteiger partial charge in [-0.3, -0.25) is 14.3 Å². The fourth-order valence-corrected chi connectivity index (χ4v) is 3.06. The maximum atomic E-state index is 12.4.